The summed E-state index contributed by atoms with van der Waals surface area (Å²) in [6.07, 6.45) is 7.29. The highest BCUT2D eigenvalue weighted by atomic mass is 16.2. The van der Waals surface area contributed by atoms with Crippen LogP contribution in [0.15, 0.2) is 0 Å². The van der Waals surface area contributed by atoms with Gasteiger partial charge in [0.05, 0.1) is 0 Å². The van der Waals surface area contributed by atoms with Crippen LogP contribution in [0.2, 0.25) is 0 Å². The molecule has 0 atom stereocenters. The highest BCUT2D eigenvalue weighted by Gasteiger charge is 2.35. The lowest BCUT2D eigenvalue weighted by Crippen LogP contribution is -2.42. The van der Waals surface area contributed by atoms with Gasteiger partial charge in [0.25, 0.3) is 0 Å². The Labute approximate surface area is 140 Å². The minimum Gasteiger partial charge on any atom is -0.341 e. The van der Waals surface area contributed by atoms with Crippen molar-refractivity contribution >= 4 is 11.8 Å². The molecule has 1 saturated carbocycles. The third-order valence-electron chi connectivity index (χ3n) is 5.53. The lowest BCUT2D eigenvalue weighted by molar-refractivity contribution is -0.136. The standard InChI is InChI=1S/C18H33N3O2/c1-15(2)17(23)21-10-6-9-20(11-12-21)16(22)13-18(14-19)7-4-3-5-8-18/h15H,3-14,19H2,1-2H3. The van der Waals surface area contributed by atoms with Crippen LogP contribution in [-0.4, -0.2) is 54.3 Å². The zero-order valence-corrected chi connectivity index (χ0v) is 14.9. The van der Waals surface area contributed by atoms with Crippen molar-refractivity contribution in [1.82, 2.24) is 9.80 Å². The van der Waals surface area contributed by atoms with Crippen molar-refractivity contribution in [3.05, 3.63) is 0 Å². The fourth-order valence-electron chi connectivity index (χ4n) is 3.94. The summed E-state index contributed by atoms with van der Waals surface area (Å²) in [5.41, 5.74) is 6.04. The van der Waals surface area contributed by atoms with E-state index >= 15 is 0 Å². The number of carbonyl (C=O) groups is 2. The van der Waals surface area contributed by atoms with Crippen LogP contribution in [0.3, 0.4) is 0 Å². The normalized spacial score (nSPS) is 22.1. The molecule has 5 nitrogen and oxygen atoms in total. The average molecular weight is 323 g/mol. The summed E-state index contributed by atoms with van der Waals surface area (Å²) in [4.78, 5) is 28.8. The third-order valence-corrected chi connectivity index (χ3v) is 5.53. The van der Waals surface area contributed by atoms with Crippen molar-refractivity contribution in [2.24, 2.45) is 17.1 Å². The smallest absolute Gasteiger partial charge is 0.225 e. The van der Waals surface area contributed by atoms with Crippen LogP contribution in [0.1, 0.15) is 58.8 Å². The van der Waals surface area contributed by atoms with Gasteiger partial charge in [0.15, 0.2) is 0 Å². The van der Waals surface area contributed by atoms with Gasteiger partial charge in [-0.2, -0.15) is 0 Å². The van der Waals surface area contributed by atoms with Gasteiger partial charge in [-0.15, -0.1) is 0 Å². The molecule has 1 saturated heterocycles. The Balaban J connectivity index is 1.91. The summed E-state index contributed by atoms with van der Waals surface area (Å²) in [6, 6.07) is 0. The van der Waals surface area contributed by atoms with E-state index in [2.05, 4.69) is 0 Å². The van der Waals surface area contributed by atoms with Crippen LogP contribution in [-0.2, 0) is 9.59 Å². The molecule has 2 N–H and O–H groups in total. The molecular weight excluding hydrogens is 290 g/mol. The molecule has 0 aromatic carbocycles. The second-order valence-electron chi connectivity index (χ2n) is 7.66. The van der Waals surface area contributed by atoms with Crippen molar-refractivity contribution in [3.63, 3.8) is 0 Å². The van der Waals surface area contributed by atoms with Crippen LogP contribution in [0, 0.1) is 11.3 Å². The summed E-state index contributed by atoms with van der Waals surface area (Å²) in [5.74, 6) is 0.459. The molecule has 0 unspecified atom stereocenters. The molecule has 2 rings (SSSR count). The first-order valence-electron chi connectivity index (χ1n) is 9.24. The average Bonchev–Trinajstić information content (AvgIpc) is 2.81. The summed E-state index contributed by atoms with van der Waals surface area (Å²) >= 11 is 0. The van der Waals surface area contributed by atoms with Crippen molar-refractivity contribution in [2.45, 2.75) is 58.8 Å². The van der Waals surface area contributed by atoms with Gasteiger partial charge in [-0.25, -0.2) is 0 Å². The lowest BCUT2D eigenvalue weighted by atomic mass is 9.71. The zero-order valence-electron chi connectivity index (χ0n) is 14.9. The van der Waals surface area contributed by atoms with E-state index in [9.17, 15) is 9.59 Å². The van der Waals surface area contributed by atoms with Gasteiger partial charge in [0, 0.05) is 38.5 Å². The van der Waals surface area contributed by atoms with Crippen LogP contribution in [0.5, 0.6) is 0 Å². The van der Waals surface area contributed by atoms with Crippen molar-refractivity contribution < 1.29 is 9.59 Å². The monoisotopic (exact) mass is 323 g/mol. The Morgan fingerprint density at radius 3 is 2.17 bits per heavy atom. The van der Waals surface area contributed by atoms with Crippen LogP contribution >= 0.6 is 0 Å². The summed E-state index contributed by atoms with van der Waals surface area (Å²) in [6.45, 7) is 7.35. The number of carbonyl (C=O) groups excluding carboxylic acids is 2. The molecule has 0 radical (unpaired) electrons. The van der Waals surface area contributed by atoms with Gasteiger partial charge >= 0.3 is 0 Å². The Morgan fingerprint density at radius 2 is 1.57 bits per heavy atom. The van der Waals surface area contributed by atoms with Gasteiger partial charge in [-0.3, -0.25) is 9.59 Å². The van der Waals surface area contributed by atoms with Crippen molar-refractivity contribution in [3.8, 4) is 0 Å². The molecule has 2 aliphatic rings. The fourth-order valence-corrected chi connectivity index (χ4v) is 3.94. The van der Waals surface area contributed by atoms with Crippen molar-refractivity contribution in [2.75, 3.05) is 32.7 Å². The Hall–Kier alpha value is -1.10. The van der Waals surface area contributed by atoms with Crippen LogP contribution in [0.25, 0.3) is 0 Å². The second-order valence-corrected chi connectivity index (χ2v) is 7.66. The highest BCUT2D eigenvalue weighted by Crippen LogP contribution is 2.38. The lowest BCUT2D eigenvalue weighted by Gasteiger charge is -2.37. The van der Waals surface area contributed by atoms with E-state index in [1.807, 2.05) is 23.6 Å². The maximum atomic E-state index is 12.8. The first-order valence-corrected chi connectivity index (χ1v) is 9.24. The number of hydrogen-bond donors (Lipinski definition) is 1. The van der Waals surface area contributed by atoms with Gasteiger partial charge < -0.3 is 15.5 Å². The number of amides is 2. The molecule has 132 valence electrons. The molecule has 0 spiro atoms. The van der Waals surface area contributed by atoms with Crippen molar-refractivity contribution in [1.29, 1.82) is 0 Å². The predicted octanol–water partition coefficient (Wildman–Crippen LogP) is 2.00. The van der Waals surface area contributed by atoms with E-state index in [1.165, 1.54) is 19.3 Å². The maximum Gasteiger partial charge on any atom is 0.225 e. The quantitative estimate of drug-likeness (QED) is 0.860. The van der Waals surface area contributed by atoms with Gasteiger partial charge in [-0.1, -0.05) is 33.1 Å². The summed E-state index contributed by atoms with van der Waals surface area (Å²) < 4.78 is 0. The fraction of sp³-hybridized carbons (Fsp3) is 0.889. The van der Waals surface area contributed by atoms with E-state index < -0.39 is 0 Å². The van der Waals surface area contributed by atoms with Crippen LogP contribution < -0.4 is 5.73 Å². The molecule has 0 aromatic rings. The Morgan fingerprint density at radius 1 is 0.957 bits per heavy atom. The molecule has 2 amide bonds. The van der Waals surface area contributed by atoms with E-state index in [0.717, 1.165) is 32.4 Å². The Bertz CT molecular complexity index is 416. The summed E-state index contributed by atoms with van der Waals surface area (Å²) in [7, 11) is 0. The Kier molecular flexibility index (Phi) is 6.45. The molecule has 2 fully saturated rings. The number of nitrogens with two attached hydrogens (primary N) is 1. The topological polar surface area (TPSA) is 66.6 Å². The molecule has 1 aliphatic heterocycles. The molecule has 23 heavy (non-hydrogen) atoms. The summed E-state index contributed by atoms with van der Waals surface area (Å²) in [5, 5.41) is 0. The largest absolute Gasteiger partial charge is 0.341 e. The first kappa shape index (κ1) is 18.2. The van der Waals surface area contributed by atoms with Gasteiger partial charge in [0.1, 0.15) is 0 Å². The van der Waals surface area contributed by atoms with E-state index in [-0.39, 0.29) is 23.1 Å². The SMILES string of the molecule is CC(C)C(=O)N1CCCN(C(=O)CC2(CN)CCCCC2)CC1. The van der Waals surface area contributed by atoms with Crippen LogP contribution in [0.4, 0.5) is 0 Å². The maximum absolute atomic E-state index is 12.8. The predicted molar refractivity (Wildman–Crippen MR) is 91.8 cm³/mol. The van der Waals surface area contributed by atoms with E-state index in [1.54, 1.807) is 0 Å². The number of rotatable bonds is 4. The third kappa shape index (κ3) is 4.69. The molecule has 5 heteroatoms. The minimum atomic E-state index is 0.0229. The molecule has 0 aromatic heterocycles. The zero-order chi connectivity index (χ0) is 16.9. The van der Waals surface area contributed by atoms with Gasteiger partial charge in [0.2, 0.25) is 11.8 Å². The van der Waals surface area contributed by atoms with E-state index in [0.29, 0.717) is 26.1 Å². The number of nitrogens with zero attached hydrogens (tertiary/aromatic N) is 2. The molecular formula is C18H33N3O2. The molecule has 1 heterocycles. The molecule has 0 bridgehead atoms. The number of hydrogen-bond acceptors (Lipinski definition) is 3. The second kappa shape index (κ2) is 8.13. The van der Waals surface area contributed by atoms with Gasteiger partial charge in [-0.05, 0) is 31.2 Å². The highest BCUT2D eigenvalue weighted by molar-refractivity contribution is 5.79. The first-order chi connectivity index (χ1) is 11.0. The molecule has 1 aliphatic carbocycles. The minimum absolute atomic E-state index is 0.0229. The van der Waals surface area contributed by atoms with E-state index in [4.69, 9.17) is 5.73 Å².